The molecule has 2 aromatic carbocycles. The maximum Gasteiger partial charge on any atom is 0.239 e. The first-order chi connectivity index (χ1) is 11.5. The molecule has 0 radical (unpaired) electrons. The number of methoxy groups -OCH3 is 1. The number of anilines is 1. The van der Waals surface area contributed by atoms with Crippen LogP contribution < -0.4 is 15.4 Å². The molecule has 1 atom stereocenters. The third-order valence-electron chi connectivity index (χ3n) is 3.90. The number of carbonyl (C=O) groups is 1. The van der Waals surface area contributed by atoms with Crippen LogP contribution in [-0.4, -0.2) is 31.2 Å². The van der Waals surface area contributed by atoms with Gasteiger partial charge in [0.25, 0.3) is 0 Å². The summed E-state index contributed by atoms with van der Waals surface area (Å²) in [6, 6.07) is 13.1. The van der Waals surface area contributed by atoms with E-state index in [4.69, 9.17) is 4.74 Å². The van der Waals surface area contributed by atoms with Gasteiger partial charge in [-0.1, -0.05) is 30.3 Å². The summed E-state index contributed by atoms with van der Waals surface area (Å²) in [6.07, 6.45) is -0.750. The van der Waals surface area contributed by atoms with Crippen molar-refractivity contribution in [1.29, 1.82) is 0 Å². The number of aliphatic hydroxyl groups is 1. The van der Waals surface area contributed by atoms with E-state index < -0.39 is 6.10 Å². The number of hydrogen-bond acceptors (Lipinski definition) is 4. The molecule has 0 aliphatic rings. The van der Waals surface area contributed by atoms with Gasteiger partial charge in [0.1, 0.15) is 5.75 Å². The Morgan fingerprint density at radius 3 is 2.33 bits per heavy atom. The third-order valence-corrected chi connectivity index (χ3v) is 3.90. The molecule has 0 saturated heterocycles. The molecule has 0 aliphatic carbocycles. The maximum atomic E-state index is 12.0. The lowest BCUT2D eigenvalue weighted by Gasteiger charge is -2.15. The summed E-state index contributed by atoms with van der Waals surface area (Å²) in [4.78, 5) is 12.0. The summed E-state index contributed by atoms with van der Waals surface area (Å²) in [5.41, 5.74) is 3.91. The summed E-state index contributed by atoms with van der Waals surface area (Å²) in [7, 11) is 1.59. The first-order valence-electron chi connectivity index (χ1n) is 7.90. The van der Waals surface area contributed by atoms with Gasteiger partial charge in [0.2, 0.25) is 5.91 Å². The standard InChI is InChI=1S/C19H24N2O3/c1-13-5-4-6-14(2)19(13)21-12-18(23)20-11-17(22)15-7-9-16(24-3)10-8-15/h4-10,17,21-22H,11-12H2,1-3H3,(H,20,23). The number of aryl methyl sites for hydroxylation is 2. The highest BCUT2D eigenvalue weighted by atomic mass is 16.5. The molecular formula is C19H24N2O3. The molecule has 2 aromatic rings. The average molecular weight is 328 g/mol. The molecule has 5 nitrogen and oxygen atoms in total. The van der Waals surface area contributed by atoms with Crippen LogP contribution in [0.5, 0.6) is 5.75 Å². The summed E-state index contributed by atoms with van der Waals surface area (Å²) in [6.45, 7) is 4.34. The van der Waals surface area contributed by atoms with Crippen molar-refractivity contribution >= 4 is 11.6 Å². The lowest BCUT2D eigenvalue weighted by molar-refractivity contribution is -0.119. The van der Waals surface area contributed by atoms with Gasteiger partial charge in [0.05, 0.1) is 19.8 Å². The Balaban J connectivity index is 1.82. The SMILES string of the molecule is COc1ccc(C(O)CNC(=O)CNc2c(C)cccc2C)cc1. The average Bonchev–Trinajstić information content (AvgIpc) is 2.59. The van der Waals surface area contributed by atoms with Gasteiger partial charge in [-0.3, -0.25) is 4.79 Å². The molecule has 128 valence electrons. The molecule has 3 N–H and O–H groups in total. The fourth-order valence-electron chi connectivity index (χ4n) is 2.48. The van der Waals surface area contributed by atoms with Crippen LogP contribution in [0.1, 0.15) is 22.8 Å². The maximum absolute atomic E-state index is 12.0. The number of para-hydroxylation sites is 1. The minimum atomic E-state index is -0.750. The number of amides is 1. The highest BCUT2D eigenvalue weighted by Gasteiger charge is 2.10. The van der Waals surface area contributed by atoms with Crippen LogP contribution in [0.15, 0.2) is 42.5 Å². The monoisotopic (exact) mass is 328 g/mol. The first kappa shape index (κ1) is 17.8. The van der Waals surface area contributed by atoms with E-state index in [1.54, 1.807) is 31.4 Å². The van der Waals surface area contributed by atoms with Crippen molar-refractivity contribution in [3.63, 3.8) is 0 Å². The molecule has 1 amide bonds. The van der Waals surface area contributed by atoms with Gasteiger partial charge in [0, 0.05) is 12.2 Å². The number of ether oxygens (including phenoxy) is 1. The quantitative estimate of drug-likeness (QED) is 0.730. The van der Waals surface area contributed by atoms with E-state index in [0.717, 1.165) is 28.1 Å². The number of aliphatic hydroxyl groups excluding tert-OH is 1. The van der Waals surface area contributed by atoms with Crippen molar-refractivity contribution in [2.45, 2.75) is 20.0 Å². The van der Waals surface area contributed by atoms with Gasteiger partial charge >= 0.3 is 0 Å². The van der Waals surface area contributed by atoms with Gasteiger partial charge in [0.15, 0.2) is 0 Å². The molecule has 0 aromatic heterocycles. The second kappa shape index (κ2) is 8.36. The number of nitrogens with one attached hydrogen (secondary N) is 2. The van der Waals surface area contributed by atoms with Gasteiger partial charge < -0.3 is 20.5 Å². The number of carbonyl (C=O) groups excluding carboxylic acids is 1. The van der Waals surface area contributed by atoms with Crippen LogP contribution in [0.3, 0.4) is 0 Å². The second-order valence-electron chi connectivity index (χ2n) is 5.71. The van der Waals surface area contributed by atoms with Crippen molar-refractivity contribution in [2.24, 2.45) is 0 Å². The number of rotatable bonds is 7. The van der Waals surface area contributed by atoms with Gasteiger partial charge in [-0.25, -0.2) is 0 Å². The van der Waals surface area contributed by atoms with Gasteiger partial charge in [-0.05, 0) is 42.7 Å². The van der Waals surface area contributed by atoms with Crippen molar-refractivity contribution < 1.29 is 14.6 Å². The van der Waals surface area contributed by atoms with E-state index in [1.807, 2.05) is 32.0 Å². The molecule has 0 heterocycles. The molecule has 0 bridgehead atoms. The Labute approximate surface area is 142 Å². The van der Waals surface area contributed by atoms with E-state index >= 15 is 0 Å². The van der Waals surface area contributed by atoms with Crippen LogP contribution in [0.2, 0.25) is 0 Å². The molecule has 0 saturated carbocycles. The Kier molecular flexibility index (Phi) is 6.21. The fourth-order valence-corrected chi connectivity index (χ4v) is 2.48. The van der Waals surface area contributed by atoms with Gasteiger partial charge in [-0.2, -0.15) is 0 Å². The topological polar surface area (TPSA) is 70.6 Å². The smallest absolute Gasteiger partial charge is 0.239 e. The van der Waals surface area contributed by atoms with Crippen molar-refractivity contribution in [3.8, 4) is 5.75 Å². The molecule has 24 heavy (non-hydrogen) atoms. The Hall–Kier alpha value is -2.53. The van der Waals surface area contributed by atoms with Crippen LogP contribution >= 0.6 is 0 Å². The van der Waals surface area contributed by atoms with Crippen molar-refractivity contribution in [2.75, 3.05) is 25.5 Å². The lowest BCUT2D eigenvalue weighted by Crippen LogP contribution is -2.33. The highest BCUT2D eigenvalue weighted by molar-refractivity contribution is 5.81. The van der Waals surface area contributed by atoms with E-state index in [1.165, 1.54) is 0 Å². The second-order valence-corrected chi connectivity index (χ2v) is 5.71. The van der Waals surface area contributed by atoms with Crippen LogP contribution in [-0.2, 0) is 4.79 Å². The summed E-state index contributed by atoms with van der Waals surface area (Å²) in [5.74, 6) is 0.568. The fraction of sp³-hybridized carbons (Fsp3) is 0.316. The van der Waals surface area contributed by atoms with E-state index in [2.05, 4.69) is 10.6 Å². The van der Waals surface area contributed by atoms with Crippen molar-refractivity contribution in [3.05, 3.63) is 59.2 Å². The van der Waals surface area contributed by atoms with E-state index in [0.29, 0.717) is 0 Å². The molecule has 0 aliphatic heterocycles. The van der Waals surface area contributed by atoms with Crippen LogP contribution in [0.25, 0.3) is 0 Å². The van der Waals surface area contributed by atoms with Gasteiger partial charge in [-0.15, -0.1) is 0 Å². The van der Waals surface area contributed by atoms with Crippen molar-refractivity contribution in [1.82, 2.24) is 5.32 Å². The Bertz CT molecular complexity index is 663. The minimum Gasteiger partial charge on any atom is -0.497 e. The molecule has 0 spiro atoms. The van der Waals surface area contributed by atoms with Crippen LogP contribution in [0.4, 0.5) is 5.69 Å². The predicted octanol–water partition coefficient (Wildman–Crippen LogP) is 2.57. The third kappa shape index (κ3) is 4.73. The first-order valence-corrected chi connectivity index (χ1v) is 7.90. The molecule has 5 heteroatoms. The zero-order chi connectivity index (χ0) is 17.5. The molecular weight excluding hydrogens is 304 g/mol. The predicted molar refractivity (Wildman–Crippen MR) is 95.4 cm³/mol. The van der Waals surface area contributed by atoms with E-state index in [9.17, 15) is 9.90 Å². The molecule has 2 rings (SSSR count). The highest BCUT2D eigenvalue weighted by Crippen LogP contribution is 2.19. The zero-order valence-corrected chi connectivity index (χ0v) is 14.3. The lowest BCUT2D eigenvalue weighted by atomic mass is 10.1. The minimum absolute atomic E-state index is 0.162. The summed E-state index contributed by atoms with van der Waals surface area (Å²) < 4.78 is 5.08. The molecule has 1 unspecified atom stereocenters. The van der Waals surface area contributed by atoms with E-state index in [-0.39, 0.29) is 19.0 Å². The Morgan fingerprint density at radius 1 is 1.12 bits per heavy atom. The Morgan fingerprint density at radius 2 is 1.75 bits per heavy atom. The summed E-state index contributed by atoms with van der Waals surface area (Å²) in [5, 5.41) is 16.0. The normalized spacial score (nSPS) is 11.7. The summed E-state index contributed by atoms with van der Waals surface area (Å²) >= 11 is 0. The number of hydrogen-bond donors (Lipinski definition) is 3. The van der Waals surface area contributed by atoms with Crippen LogP contribution in [0, 0.1) is 13.8 Å². The number of benzene rings is 2. The molecule has 0 fully saturated rings. The largest absolute Gasteiger partial charge is 0.497 e. The zero-order valence-electron chi connectivity index (χ0n) is 14.3.